The Kier molecular flexibility index (Phi) is 7.42. The van der Waals surface area contributed by atoms with E-state index in [1.165, 1.54) is 0 Å². The van der Waals surface area contributed by atoms with Gasteiger partial charge in [-0.3, -0.25) is 4.98 Å². The minimum absolute atomic E-state index is 0.906. The second kappa shape index (κ2) is 13.0. The Morgan fingerprint density at radius 2 is 0.768 bits per heavy atom. The van der Waals surface area contributed by atoms with Gasteiger partial charge in [0.1, 0.15) is 0 Å². The van der Waals surface area contributed by atoms with Crippen LogP contribution >= 0.6 is 0 Å². The predicted octanol–water partition coefficient (Wildman–Crippen LogP) is 12.8. The Balaban J connectivity index is 0.906. The van der Waals surface area contributed by atoms with Gasteiger partial charge in [-0.15, -0.1) is 0 Å². The molecule has 0 unspecified atom stereocenters. The summed E-state index contributed by atoms with van der Waals surface area (Å²) in [6.45, 7) is 0. The number of hydrogen-bond donors (Lipinski definition) is 0. The highest BCUT2D eigenvalue weighted by molar-refractivity contribution is 6.04. The fourth-order valence-electron chi connectivity index (χ4n) is 7.73. The van der Waals surface area contributed by atoms with Gasteiger partial charge >= 0.3 is 0 Å². The summed E-state index contributed by atoms with van der Waals surface area (Å²) in [5, 5.41) is 5.42. The lowest BCUT2D eigenvalue weighted by Gasteiger charge is -2.10. The SMILES string of the molecule is c1ccc(-c2ccc3ccc4ccc(-c5ccc(-c6ccc7ccc(-c8ccc9ccc(-c%10ccnc%11ccccc%10%11)nc9c8)nc7c6)cc5)nc4c3n2)cc1. The Morgan fingerprint density at radius 1 is 0.286 bits per heavy atom. The van der Waals surface area contributed by atoms with Crippen molar-refractivity contribution in [3.05, 3.63) is 188 Å². The van der Waals surface area contributed by atoms with Gasteiger partial charge in [-0.25, -0.2) is 19.9 Å². The van der Waals surface area contributed by atoms with E-state index in [-0.39, 0.29) is 0 Å². The van der Waals surface area contributed by atoms with Gasteiger partial charge in [0.25, 0.3) is 0 Å². The molecule has 11 rings (SSSR count). The molecule has 0 radical (unpaired) electrons. The second-order valence-corrected chi connectivity index (χ2v) is 14.1. The first-order valence-electron chi connectivity index (χ1n) is 18.7. The number of pyridine rings is 5. The fourth-order valence-corrected chi connectivity index (χ4v) is 7.73. The first kappa shape index (κ1) is 31.9. The van der Waals surface area contributed by atoms with Gasteiger partial charge in [0.15, 0.2) is 0 Å². The number of rotatable bonds is 5. The Bertz CT molecular complexity index is 3300. The van der Waals surface area contributed by atoms with Crippen LogP contribution in [0.3, 0.4) is 0 Å². The molecule has 0 N–H and O–H groups in total. The lowest BCUT2D eigenvalue weighted by molar-refractivity contribution is 1.36. The van der Waals surface area contributed by atoms with Crippen molar-refractivity contribution in [1.82, 2.24) is 24.9 Å². The molecule has 5 heterocycles. The molecule has 0 aliphatic rings. The van der Waals surface area contributed by atoms with Gasteiger partial charge in [0.05, 0.1) is 50.4 Å². The van der Waals surface area contributed by atoms with Gasteiger partial charge in [0, 0.05) is 55.4 Å². The van der Waals surface area contributed by atoms with Crippen LogP contribution < -0.4 is 0 Å². The van der Waals surface area contributed by atoms with Crippen LogP contribution in [0.2, 0.25) is 0 Å². The molecule has 11 aromatic rings. The molecule has 0 atom stereocenters. The van der Waals surface area contributed by atoms with E-state index in [1.807, 2.05) is 48.7 Å². The van der Waals surface area contributed by atoms with Crippen molar-refractivity contribution in [1.29, 1.82) is 0 Å². The molecule has 5 nitrogen and oxygen atoms in total. The summed E-state index contributed by atoms with van der Waals surface area (Å²) >= 11 is 0. The monoisotopic (exact) mass is 713 g/mol. The lowest BCUT2D eigenvalue weighted by atomic mass is 10.00. The van der Waals surface area contributed by atoms with E-state index < -0.39 is 0 Å². The molecule has 0 aliphatic heterocycles. The third-order valence-corrected chi connectivity index (χ3v) is 10.7. The van der Waals surface area contributed by atoms with Gasteiger partial charge in [0.2, 0.25) is 0 Å². The van der Waals surface area contributed by atoms with Crippen LogP contribution in [0.25, 0.3) is 111 Å². The Labute approximate surface area is 322 Å². The summed E-state index contributed by atoms with van der Waals surface area (Å²) in [6, 6.07) is 63.2. The normalized spacial score (nSPS) is 11.6. The van der Waals surface area contributed by atoms with Crippen molar-refractivity contribution in [2.75, 3.05) is 0 Å². The molecule has 56 heavy (non-hydrogen) atoms. The van der Waals surface area contributed by atoms with Crippen molar-refractivity contribution in [2.24, 2.45) is 0 Å². The maximum atomic E-state index is 5.16. The number of hydrogen-bond acceptors (Lipinski definition) is 5. The summed E-state index contributed by atoms with van der Waals surface area (Å²) in [4.78, 5) is 25.0. The molecule has 0 bridgehead atoms. The molecule has 5 aromatic heterocycles. The summed E-state index contributed by atoms with van der Waals surface area (Å²) < 4.78 is 0. The molecular formula is C51H31N5. The summed E-state index contributed by atoms with van der Waals surface area (Å²) in [6.07, 6.45) is 1.85. The van der Waals surface area contributed by atoms with Crippen LogP contribution in [0.4, 0.5) is 0 Å². The van der Waals surface area contributed by atoms with Gasteiger partial charge in [-0.05, 0) is 59.7 Å². The number of nitrogens with zero attached hydrogens (tertiary/aromatic N) is 5. The number of aromatic nitrogens is 5. The zero-order chi connectivity index (χ0) is 37.0. The highest BCUT2D eigenvalue weighted by atomic mass is 14.8. The van der Waals surface area contributed by atoms with E-state index in [1.54, 1.807) is 0 Å². The quantitative estimate of drug-likeness (QED) is 0.166. The third kappa shape index (κ3) is 5.62. The molecule has 0 fully saturated rings. The molecule has 0 spiro atoms. The van der Waals surface area contributed by atoms with Crippen LogP contribution in [0.15, 0.2) is 188 Å². The summed E-state index contributed by atoms with van der Waals surface area (Å²) in [5.74, 6) is 0. The Hall–Kier alpha value is -7.63. The van der Waals surface area contributed by atoms with Crippen LogP contribution in [0.5, 0.6) is 0 Å². The van der Waals surface area contributed by atoms with E-state index in [0.29, 0.717) is 0 Å². The van der Waals surface area contributed by atoms with E-state index >= 15 is 0 Å². The molecule has 0 amide bonds. The van der Waals surface area contributed by atoms with Crippen LogP contribution in [-0.2, 0) is 0 Å². The zero-order valence-corrected chi connectivity index (χ0v) is 30.1. The predicted molar refractivity (Wildman–Crippen MR) is 230 cm³/mol. The summed E-state index contributed by atoms with van der Waals surface area (Å²) in [7, 11) is 0. The number of benzene rings is 6. The van der Waals surface area contributed by atoms with E-state index in [0.717, 1.165) is 111 Å². The maximum absolute atomic E-state index is 5.16. The average Bonchev–Trinajstić information content (AvgIpc) is 3.28. The third-order valence-electron chi connectivity index (χ3n) is 10.7. The molecule has 0 saturated heterocycles. The summed E-state index contributed by atoms with van der Waals surface area (Å²) in [5.41, 5.74) is 14.8. The van der Waals surface area contributed by atoms with Crippen molar-refractivity contribution >= 4 is 54.5 Å². The van der Waals surface area contributed by atoms with Crippen LogP contribution in [0, 0.1) is 0 Å². The van der Waals surface area contributed by atoms with Crippen molar-refractivity contribution in [3.8, 4) is 56.2 Å². The molecular weight excluding hydrogens is 683 g/mol. The van der Waals surface area contributed by atoms with E-state index in [9.17, 15) is 0 Å². The first-order chi connectivity index (χ1) is 27.7. The van der Waals surface area contributed by atoms with Gasteiger partial charge in [-0.2, -0.15) is 0 Å². The molecule has 260 valence electrons. The average molecular weight is 714 g/mol. The largest absolute Gasteiger partial charge is 0.256 e. The maximum Gasteiger partial charge on any atom is 0.0972 e. The number of para-hydroxylation sites is 1. The topological polar surface area (TPSA) is 64.5 Å². The minimum atomic E-state index is 0.906. The molecule has 6 aromatic carbocycles. The highest BCUT2D eigenvalue weighted by Gasteiger charge is 2.12. The van der Waals surface area contributed by atoms with Crippen LogP contribution in [0.1, 0.15) is 0 Å². The van der Waals surface area contributed by atoms with E-state index in [4.69, 9.17) is 19.9 Å². The van der Waals surface area contributed by atoms with Gasteiger partial charge < -0.3 is 0 Å². The number of fused-ring (bicyclic) bond motifs is 6. The highest BCUT2D eigenvalue weighted by Crippen LogP contribution is 2.33. The molecule has 5 heteroatoms. The van der Waals surface area contributed by atoms with Crippen molar-refractivity contribution < 1.29 is 0 Å². The first-order valence-corrected chi connectivity index (χ1v) is 18.7. The standard InChI is InChI=1S/C51H31N5/c1-2-6-33(7-3-1)43-25-22-37-16-17-38-23-26-44(56-51(38)50(37)55-43)34-12-10-32(11-13-34)39-18-14-35-20-24-45(53-48(35)30-39)40-19-15-36-21-27-47(54-49(36)31-40)42-28-29-52-46-9-5-4-8-41(42)46/h1-31H. The minimum Gasteiger partial charge on any atom is -0.256 e. The smallest absolute Gasteiger partial charge is 0.0972 e. The second-order valence-electron chi connectivity index (χ2n) is 14.1. The van der Waals surface area contributed by atoms with E-state index in [2.05, 4.69) is 145 Å². The Morgan fingerprint density at radius 3 is 1.48 bits per heavy atom. The molecule has 0 saturated carbocycles. The molecule has 0 aliphatic carbocycles. The van der Waals surface area contributed by atoms with Gasteiger partial charge in [-0.1, -0.05) is 133 Å². The van der Waals surface area contributed by atoms with Crippen LogP contribution in [-0.4, -0.2) is 24.9 Å². The fraction of sp³-hybridized carbons (Fsp3) is 0. The van der Waals surface area contributed by atoms with Crippen molar-refractivity contribution in [2.45, 2.75) is 0 Å². The zero-order valence-electron chi connectivity index (χ0n) is 30.1. The lowest BCUT2D eigenvalue weighted by Crippen LogP contribution is -1.91. The van der Waals surface area contributed by atoms with Crippen molar-refractivity contribution in [3.63, 3.8) is 0 Å².